The normalized spacial score (nSPS) is 14.6. The Hall–Kier alpha value is -13.1. The van der Waals surface area contributed by atoms with Gasteiger partial charge in [0.25, 0.3) is 0 Å². The van der Waals surface area contributed by atoms with Crippen LogP contribution in [0.2, 0.25) is 0 Å². The van der Waals surface area contributed by atoms with E-state index in [0.29, 0.717) is 0 Å². The molecule has 0 fully saturated rings. The molecule has 52 heteroatoms. The first kappa shape index (κ1) is 121. The Kier molecular flexibility index (Phi) is 56.9. The molecule has 45 N–H and O–H groups in total. The molecule has 15 atom stereocenters. The van der Waals surface area contributed by atoms with E-state index in [1.165, 1.54) is 0 Å². The first-order valence-corrected chi connectivity index (χ1v) is 45.2. The molecular formula is C82H158N36O16. The number of hydrogen-bond donors (Lipinski definition) is 37. The second-order valence-corrected chi connectivity index (χ2v) is 35.5. The van der Waals surface area contributed by atoms with Crippen LogP contribution in [0.3, 0.4) is 0 Å². The molecule has 762 valence electrons. The standard InChI is InChI=1S/C82H158N36O16/c1-38(2)53(83)67(125)115-54(39(3)4)68(126)107-46(24-17-31-98-76(84)85)61(119)105-49(27-20-34-101-79(90)91)64(122)113-59(44(13)14)73(131)118-57(42(9)10)71(129)110-51(29-22-36-103-81(94)95)66(124)114-60(45(15)16)74(132)116-55(40(5)6)69(127)108-47(25-18-32-99-77(86)87)62(120)106-50(28-21-35-102-80(92)93)65(123)112-58(43(11)12)72(130)117-56(41(7)8)70(128)109-48(26-19-33-100-78(88)89)63(121)111-52(75(133)134)30-23-37-104-82(96)97/h38-60H,17-37,83H2,1-16H3,(H,105,119)(H,106,120)(H,107,126)(H,108,127)(H,109,128)(H,110,129)(H,111,121)(H,112,123)(H,113,122)(H,114,124)(H,115,125)(H,116,132)(H,117,130)(H,118,131)(H,133,134)(H4,84,85,98)(H4,86,87,99)(H4,88,89,100)(H4,90,91,101)(H4,92,93,102)(H4,94,95,103)(H4,96,97,104)/t46-,47-,48-,49-,50-,51-,52-,53-,54-,55-,56-,57-,58-,59-,60-/m0/s1. The molecule has 0 spiro atoms. The number of amides is 14. The second-order valence-electron chi connectivity index (χ2n) is 35.5. The highest BCUT2D eigenvalue weighted by molar-refractivity contribution is 6.01. The van der Waals surface area contributed by atoms with E-state index in [-0.39, 0.29) is 160 Å². The lowest BCUT2D eigenvalue weighted by atomic mass is 9.97. The van der Waals surface area contributed by atoms with Crippen molar-refractivity contribution < 1.29 is 77.0 Å². The van der Waals surface area contributed by atoms with Gasteiger partial charge in [-0.15, -0.1) is 0 Å². The number of hydrogen-bond acceptors (Lipinski definition) is 23. The minimum atomic E-state index is -1.54. The van der Waals surface area contributed by atoms with Crippen LogP contribution < -0.4 is 158 Å². The zero-order valence-corrected chi connectivity index (χ0v) is 80.3. The van der Waals surface area contributed by atoms with Crippen molar-refractivity contribution in [2.75, 3.05) is 45.8 Å². The predicted octanol–water partition coefficient (Wildman–Crippen LogP) is -7.72. The first-order chi connectivity index (χ1) is 62.4. The molecule has 0 radical (unpaired) electrons. The number of guanidine groups is 7. The molecule has 0 bridgehead atoms. The summed E-state index contributed by atoms with van der Waals surface area (Å²) >= 11 is 0. The first-order valence-electron chi connectivity index (χ1n) is 45.2. The summed E-state index contributed by atoms with van der Waals surface area (Å²) in [5.41, 5.74) is 44.7. The third-order valence-corrected chi connectivity index (χ3v) is 21.1. The topological polar surface area (TPSA) is 904 Å². The molecule has 52 nitrogen and oxygen atoms in total. The van der Waals surface area contributed by atoms with E-state index < -0.39 is 245 Å². The van der Waals surface area contributed by atoms with Crippen LogP contribution in [0.5, 0.6) is 0 Å². The van der Waals surface area contributed by atoms with Crippen LogP contribution in [0.4, 0.5) is 0 Å². The maximum atomic E-state index is 14.9. The van der Waals surface area contributed by atoms with E-state index in [4.69, 9.17) is 83.7 Å². The second kappa shape index (κ2) is 63.1. The maximum absolute atomic E-state index is 14.9. The number of carboxylic acids is 1. The van der Waals surface area contributed by atoms with Crippen LogP contribution in [0.25, 0.3) is 0 Å². The summed E-state index contributed by atoms with van der Waals surface area (Å²) in [5, 5.41) is 119. The van der Waals surface area contributed by atoms with E-state index in [2.05, 4.69) is 112 Å². The molecule has 0 unspecified atom stereocenters. The maximum Gasteiger partial charge on any atom is 0.326 e. The Morgan fingerprint density at radius 1 is 0.201 bits per heavy atom. The lowest BCUT2D eigenvalue weighted by molar-refractivity contribution is -0.142. The minimum Gasteiger partial charge on any atom is -0.480 e. The summed E-state index contributed by atoms with van der Waals surface area (Å²) in [5.74, 6) is -21.7. The predicted molar refractivity (Wildman–Crippen MR) is 505 cm³/mol. The van der Waals surface area contributed by atoms with Gasteiger partial charge in [-0.05, 0) is 137 Å². The zero-order chi connectivity index (χ0) is 103. The molecule has 0 heterocycles. The van der Waals surface area contributed by atoms with E-state index in [1.807, 2.05) is 0 Å². The highest BCUT2D eigenvalue weighted by Crippen LogP contribution is 2.17. The summed E-state index contributed by atoms with van der Waals surface area (Å²) in [6.07, 6.45) is -0.324. The largest absolute Gasteiger partial charge is 0.480 e. The molecular weight excluding hydrogens is 1750 g/mol. The summed E-state index contributed by atoms with van der Waals surface area (Å²) in [6, 6.07) is -21.1. The van der Waals surface area contributed by atoms with Gasteiger partial charge in [0.2, 0.25) is 82.7 Å². The fourth-order valence-corrected chi connectivity index (χ4v) is 13.2. The number of nitrogens with one attached hydrogen (secondary N) is 28. The van der Waals surface area contributed by atoms with Crippen molar-refractivity contribution in [3.63, 3.8) is 0 Å². The Labute approximate surface area is 784 Å². The third-order valence-electron chi connectivity index (χ3n) is 21.1. The molecule has 0 saturated carbocycles. The van der Waals surface area contributed by atoms with E-state index in [1.54, 1.807) is 111 Å². The van der Waals surface area contributed by atoms with Gasteiger partial charge in [0.15, 0.2) is 41.7 Å². The van der Waals surface area contributed by atoms with Crippen molar-refractivity contribution in [1.29, 1.82) is 37.9 Å². The number of carboxylic acid groups (broad SMARTS) is 1. The van der Waals surface area contributed by atoms with Crippen LogP contribution in [-0.2, 0) is 71.9 Å². The zero-order valence-electron chi connectivity index (χ0n) is 80.3. The van der Waals surface area contributed by atoms with Crippen LogP contribution in [0.15, 0.2) is 0 Å². The van der Waals surface area contributed by atoms with Gasteiger partial charge >= 0.3 is 5.97 Å². The van der Waals surface area contributed by atoms with E-state index >= 15 is 0 Å². The molecule has 0 rings (SSSR count). The van der Waals surface area contributed by atoms with Crippen molar-refractivity contribution in [2.24, 2.45) is 93.2 Å². The quantitative estimate of drug-likeness (QED) is 0.0153. The molecule has 0 aromatic carbocycles. The number of carbonyl (C=O) groups is 15. The Morgan fingerprint density at radius 3 is 0.478 bits per heavy atom. The van der Waals surface area contributed by atoms with Gasteiger partial charge in [0, 0.05) is 45.8 Å². The summed E-state index contributed by atoms with van der Waals surface area (Å²) < 4.78 is 0. The van der Waals surface area contributed by atoms with Gasteiger partial charge in [-0.25, -0.2) is 4.79 Å². The summed E-state index contributed by atoms with van der Waals surface area (Å²) in [4.78, 5) is 215. The van der Waals surface area contributed by atoms with Gasteiger partial charge in [-0.2, -0.15) is 0 Å². The minimum absolute atomic E-state index is 0.00203. The van der Waals surface area contributed by atoms with E-state index in [0.717, 1.165) is 0 Å². The van der Waals surface area contributed by atoms with Crippen molar-refractivity contribution in [3.05, 3.63) is 0 Å². The van der Waals surface area contributed by atoms with Crippen molar-refractivity contribution >= 4 is 130 Å². The molecule has 0 aliphatic heterocycles. The molecule has 0 aliphatic carbocycles. The monoisotopic (exact) mass is 1900 g/mol. The fourth-order valence-electron chi connectivity index (χ4n) is 13.2. The van der Waals surface area contributed by atoms with Crippen molar-refractivity contribution in [2.45, 2.75) is 291 Å². The average Bonchev–Trinajstić information content (AvgIpc) is 0.845. The Balaban J connectivity index is 7.55. The third kappa shape index (κ3) is 48.9. The SMILES string of the molecule is CC(C)[C@H](N)C(=O)N[C@H](C(=O)N[C@@H](CCCNC(=N)N)C(=O)N[C@@H](CCCNC(=N)N)C(=O)N[C@H](C(=O)N[C@H](C(=O)N[C@@H](CCCNC(=N)N)C(=O)N[C@H](C(=O)N[C@H](C(=O)N[C@@H](CCCNC(=N)N)C(=O)N[C@@H](CCCNC(=N)N)C(=O)N[C@H](C(=O)N[C@H](C(=O)N[C@@H](CCCNC(=N)N)C(=O)N[C@@H](CCCNC(=N)N)C(=O)O)C(C)C)C(C)C)C(C)C)C(C)C)C(C)C)C(C)C)C(C)C. The van der Waals surface area contributed by atoms with Crippen LogP contribution >= 0.6 is 0 Å². The average molecular weight is 1900 g/mol. The van der Waals surface area contributed by atoms with Gasteiger partial charge in [0.1, 0.15) is 84.6 Å². The fraction of sp³-hybridized carbons (Fsp3) is 0.732. The van der Waals surface area contributed by atoms with Crippen LogP contribution in [0.1, 0.15) is 201 Å². The molecule has 0 aliphatic rings. The highest BCUT2D eigenvalue weighted by atomic mass is 16.4. The molecule has 0 saturated heterocycles. The summed E-state index contributed by atoms with van der Waals surface area (Å²) in [7, 11) is 0. The van der Waals surface area contributed by atoms with Crippen molar-refractivity contribution in [3.8, 4) is 0 Å². The number of nitrogens with two attached hydrogens (primary N) is 8. The van der Waals surface area contributed by atoms with Crippen LogP contribution in [0, 0.1) is 85.2 Å². The number of rotatable bonds is 65. The summed E-state index contributed by atoms with van der Waals surface area (Å²) in [6.45, 7) is 26.1. The van der Waals surface area contributed by atoms with Gasteiger partial charge in [0.05, 0.1) is 6.04 Å². The Morgan fingerprint density at radius 2 is 0.328 bits per heavy atom. The molecule has 0 aromatic heterocycles. The van der Waals surface area contributed by atoms with Crippen molar-refractivity contribution in [1.82, 2.24) is 112 Å². The smallest absolute Gasteiger partial charge is 0.326 e. The van der Waals surface area contributed by atoms with Crippen LogP contribution in [-0.4, -0.2) is 272 Å². The lowest BCUT2D eigenvalue weighted by Crippen LogP contribution is -2.63. The van der Waals surface area contributed by atoms with Gasteiger partial charge < -0.3 is 163 Å². The van der Waals surface area contributed by atoms with Gasteiger partial charge in [-0.1, -0.05) is 111 Å². The molecule has 0 aromatic rings. The van der Waals surface area contributed by atoms with E-state index in [9.17, 15) is 77.0 Å². The van der Waals surface area contributed by atoms with Gasteiger partial charge in [-0.3, -0.25) is 105 Å². The highest BCUT2D eigenvalue weighted by Gasteiger charge is 2.41. The number of aliphatic carboxylic acids is 1. The number of carbonyl (C=O) groups excluding carboxylic acids is 14. The lowest BCUT2D eigenvalue weighted by Gasteiger charge is -2.31. The molecule has 14 amide bonds. The molecule has 134 heavy (non-hydrogen) atoms. The Bertz CT molecular complexity index is 3920.